The normalized spacial score (nSPS) is 20.2. The molecule has 2 aliphatic rings. The van der Waals surface area contributed by atoms with E-state index in [1.165, 1.54) is 11.1 Å². The van der Waals surface area contributed by atoms with Crippen molar-refractivity contribution in [2.75, 3.05) is 13.2 Å². The number of aliphatic carboxylic acids is 1. The highest BCUT2D eigenvalue weighted by Crippen LogP contribution is 2.44. The van der Waals surface area contributed by atoms with E-state index >= 15 is 0 Å². The van der Waals surface area contributed by atoms with Gasteiger partial charge in [0.15, 0.2) is 0 Å². The molecule has 4 rings (SSSR count). The van der Waals surface area contributed by atoms with Crippen molar-refractivity contribution in [2.45, 2.75) is 58.0 Å². The van der Waals surface area contributed by atoms with Crippen molar-refractivity contribution in [3.8, 4) is 11.1 Å². The Morgan fingerprint density at radius 2 is 1.66 bits per heavy atom. The number of carboxylic acids is 1. The number of rotatable bonds is 7. The van der Waals surface area contributed by atoms with E-state index in [1.807, 2.05) is 45.0 Å². The molecule has 186 valence electrons. The first-order valence-electron chi connectivity index (χ1n) is 12.4. The van der Waals surface area contributed by atoms with Gasteiger partial charge in [0, 0.05) is 31.0 Å². The van der Waals surface area contributed by atoms with Gasteiger partial charge in [-0.3, -0.25) is 9.59 Å². The highest BCUT2D eigenvalue weighted by atomic mass is 16.5. The van der Waals surface area contributed by atoms with Gasteiger partial charge in [0.25, 0.3) is 0 Å². The van der Waals surface area contributed by atoms with Gasteiger partial charge in [0.2, 0.25) is 5.91 Å². The molecule has 1 unspecified atom stereocenters. The number of hydrogen-bond donors (Lipinski definition) is 2. The van der Waals surface area contributed by atoms with Gasteiger partial charge in [-0.15, -0.1) is 0 Å². The average molecular weight is 479 g/mol. The Balaban J connectivity index is 1.35. The van der Waals surface area contributed by atoms with Crippen LogP contribution in [0, 0.1) is 11.8 Å². The number of likely N-dealkylation sites (tertiary alicyclic amines) is 1. The lowest BCUT2D eigenvalue weighted by Crippen LogP contribution is -2.49. The molecule has 0 spiro atoms. The van der Waals surface area contributed by atoms with E-state index in [1.54, 1.807) is 4.90 Å². The van der Waals surface area contributed by atoms with Crippen LogP contribution in [-0.2, 0) is 14.3 Å². The molecule has 0 bridgehead atoms. The smallest absolute Gasteiger partial charge is 0.407 e. The van der Waals surface area contributed by atoms with Gasteiger partial charge in [-0.25, -0.2) is 4.79 Å². The molecular weight excluding hydrogens is 444 g/mol. The van der Waals surface area contributed by atoms with Crippen LogP contribution in [0.2, 0.25) is 0 Å². The molecule has 3 atom stereocenters. The van der Waals surface area contributed by atoms with E-state index in [9.17, 15) is 19.5 Å². The van der Waals surface area contributed by atoms with Gasteiger partial charge in [-0.1, -0.05) is 62.4 Å². The van der Waals surface area contributed by atoms with Crippen molar-refractivity contribution in [1.29, 1.82) is 0 Å². The summed E-state index contributed by atoms with van der Waals surface area (Å²) in [5.41, 5.74) is 4.64. The monoisotopic (exact) mass is 478 g/mol. The Kier molecular flexibility index (Phi) is 7.43. The predicted molar refractivity (Wildman–Crippen MR) is 133 cm³/mol. The quantitative estimate of drug-likeness (QED) is 0.604. The Morgan fingerprint density at radius 1 is 1.06 bits per heavy atom. The van der Waals surface area contributed by atoms with Crippen LogP contribution in [0.3, 0.4) is 0 Å². The number of benzene rings is 2. The van der Waals surface area contributed by atoms with Crippen LogP contribution >= 0.6 is 0 Å². The second-order valence-corrected chi connectivity index (χ2v) is 10.0. The van der Waals surface area contributed by atoms with Crippen LogP contribution in [0.15, 0.2) is 48.5 Å². The van der Waals surface area contributed by atoms with Crippen LogP contribution in [0.25, 0.3) is 11.1 Å². The zero-order chi connectivity index (χ0) is 25.1. The standard InChI is InChI=1S/C28H34N2O5/c1-17(2)25(15-26(31)30-13-12-19(27(32)33)14-18(30)3)29-28(34)35-16-24-22-10-6-4-8-20(22)21-9-5-7-11-23(21)24/h4-11,17-19,24-25H,12-16H2,1-3H3,(H,29,34)(H,32,33)/t18-,19-,25?/m0/s1. The zero-order valence-electron chi connectivity index (χ0n) is 20.6. The fraction of sp³-hybridized carbons (Fsp3) is 0.464. The molecule has 2 N–H and O–H groups in total. The minimum atomic E-state index is -0.805. The number of ether oxygens (including phenoxy) is 1. The van der Waals surface area contributed by atoms with Crippen LogP contribution in [0.1, 0.15) is 57.1 Å². The van der Waals surface area contributed by atoms with Gasteiger partial charge in [0.1, 0.15) is 6.61 Å². The molecule has 2 aromatic carbocycles. The number of alkyl carbamates (subject to hydrolysis) is 1. The molecule has 2 amide bonds. The largest absolute Gasteiger partial charge is 0.481 e. The van der Waals surface area contributed by atoms with Gasteiger partial charge in [-0.2, -0.15) is 0 Å². The SMILES string of the molecule is CC(C)C(CC(=O)N1CC[C@H](C(=O)O)C[C@@H]1C)NC(=O)OCC1c2ccccc2-c2ccccc21. The number of carbonyl (C=O) groups excluding carboxylic acids is 2. The second kappa shape index (κ2) is 10.5. The number of fused-ring (bicyclic) bond motifs is 3. The predicted octanol–water partition coefficient (Wildman–Crippen LogP) is 4.65. The molecule has 0 aromatic heterocycles. The van der Waals surface area contributed by atoms with Crippen LogP contribution < -0.4 is 5.32 Å². The summed E-state index contributed by atoms with van der Waals surface area (Å²) in [6.07, 6.45) is 0.533. The third-order valence-corrected chi connectivity index (χ3v) is 7.39. The highest BCUT2D eigenvalue weighted by Gasteiger charge is 2.34. The third-order valence-electron chi connectivity index (χ3n) is 7.39. The van der Waals surface area contributed by atoms with Gasteiger partial charge in [0.05, 0.1) is 5.92 Å². The molecule has 0 radical (unpaired) electrons. The molecule has 1 aliphatic heterocycles. The lowest BCUT2D eigenvalue weighted by Gasteiger charge is -2.37. The Hall–Kier alpha value is -3.35. The Labute approximate surface area is 206 Å². The number of carboxylic acid groups (broad SMARTS) is 1. The summed E-state index contributed by atoms with van der Waals surface area (Å²) in [5.74, 6) is -1.27. The first kappa shape index (κ1) is 24.8. The number of nitrogens with zero attached hydrogens (tertiary/aromatic N) is 1. The molecule has 35 heavy (non-hydrogen) atoms. The molecule has 1 aliphatic carbocycles. The number of nitrogens with one attached hydrogen (secondary N) is 1. The Morgan fingerprint density at radius 3 is 2.20 bits per heavy atom. The number of piperidine rings is 1. The van der Waals surface area contributed by atoms with E-state index in [0.717, 1.165) is 11.1 Å². The van der Waals surface area contributed by atoms with Crippen molar-refractivity contribution < 1.29 is 24.2 Å². The molecule has 1 fully saturated rings. The average Bonchev–Trinajstić information content (AvgIpc) is 3.15. The molecular formula is C28H34N2O5. The molecule has 1 saturated heterocycles. The van der Waals surface area contributed by atoms with Crippen molar-refractivity contribution in [1.82, 2.24) is 10.2 Å². The summed E-state index contributed by atoms with van der Waals surface area (Å²) in [5, 5.41) is 12.2. The number of hydrogen-bond acceptors (Lipinski definition) is 4. The summed E-state index contributed by atoms with van der Waals surface area (Å²) in [4.78, 5) is 38.8. The highest BCUT2D eigenvalue weighted by molar-refractivity contribution is 5.80. The lowest BCUT2D eigenvalue weighted by molar-refractivity contribution is -0.147. The zero-order valence-corrected chi connectivity index (χ0v) is 20.6. The van der Waals surface area contributed by atoms with Gasteiger partial charge < -0.3 is 20.1 Å². The van der Waals surface area contributed by atoms with Crippen molar-refractivity contribution in [3.63, 3.8) is 0 Å². The minimum absolute atomic E-state index is 0.0244. The van der Waals surface area contributed by atoms with Crippen molar-refractivity contribution in [2.24, 2.45) is 11.8 Å². The van der Waals surface area contributed by atoms with Crippen molar-refractivity contribution in [3.05, 3.63) is 59.7 Å². The summed E-state index contributed by atoms with van der Waals surface area (Å²) in [6.45, 7) is 6.45. The fourth-order valence-corrected chi connectivity index (χ4v) is 5.32. The maximum absolute atomic E-state index is 13.0. The summed E-state index contributed by atoms with van der Waals surface area (Å²) in [7, 11) is 0. The third kappa shape index (κ3) is 5.34. The van der Waals surface area contributed by atoms with Gasteiger partial charge >= 0.3 is 12.1 Å². The number of carbonyl (C=O) groups is 3. The number of amides is 2. The maximum atomic E-state index is 13.0. The van der Waals surface area contributed by atoms with Crippen molar-refractivity contribution >= 4 is 18.0 Å². The summed E-state index contributed by atoms with van der Waals surface area (Å²) in [6, 6.07) is 15.8. The molecule has 2 aromatic rings. The van der Waals surface area contributed by atoms with E-state index in [0.29, 0.717) is 19.4 Å². The Bertz CT molecular complexity index is 1050. The maximum Gasteiger partial charge on any atom is 0.407 e. The van der Waals surface area contributed by atoms with E-state index in [2.05, 4.69) is 29.6 Å². The van der Waals surface area contributed by atoms with Crippen LogP contribution in [0.4, 0.5) is 4.79 Å². The fourth-order valence-electron chi connectivity index (χ4n) is 5.32. The van der Waals surface area contributed by atoms with Crippen LogP contribution in [0.5, 0.6) is 0 Å². The van der Waals surface area contributed by atoms with E-state index in [4.69, 9.17) is 4.74 Å². The minimum Gasteiger partial charge on any atom is -0.481 e. The summed E-state index contributed by atoms with van der Waals surface area (Å²) < 4.78 is 5.67. The second-order valence-electron chi connectivity index (χ2n) is 10.0. The topological polar surface area (TPSA) is 95.9 Å². The summed E-state index contributed by atoms with van der Waals surface area (Å²) >= 11 is 0. The molecule has 7 heteroatoms. The first-order valence-corrected chi connectivity index (χ1v) is 12.4. The van der Waals surface area contributed by atoms with E-state index < -0.39 is 18.0 Å². The molecule has 7 nitrogen and oxygen atoms in total. The molecule has 1 heterocycles. The van der Waals surface area contributed by atoms with Gasteiger partial charge in [-0.05, 0) is 47.9 Å². The van der Waals surface area contributed by atoms with Crippen LogP contribution in [-0.4, -0.2) is 53.2 Å². The first-order chi connectivity index (χ1) is 16.8. The molecule has 0 saturated carbocycles. The lowest BCUT2D eigenvalue weighted by atomic mass is 9.91. The van der Waals surface area contributed by atoms with E-state index in [-0.39, 0.29) is 42.9 Å².